The quantitative estimate of drug-likeness (QED) is 0.760. The lowest BCUT2D eigenvalue weighted by Gasteiger charge is -2.35. The molecule has 2 aliphatic heterocycles. The van der Waals surface area contributed by atoms with Crippen molar-refractivity contribution in [3.8, 4) is 5.75 Å². The number of carbonyl (C=O) groups excluding carboxylic acids is 2. The second kappa shape index (κ2) is 9.00. The zero-order valence-corrected chi connectivity index (χ0v) is 15.2. The maximum Gasteiger partial charge on any atom is 0.257 e. The summed E-state index contributed by atoms with van der Waals surface area (Å²) in [5.74, 6) is 0.468. The van der Waals surface area contributed by atoms with E-state index in [1.54, 1.807) is 29.0 Å². The Morgan fingerprint density at radius 3 is 2.58 bits per heavy atom. The van der Waals surface area contributed by atoms with Gasteiger partial charge in [0.05, 0.1) is 25.4 Å². The number of amides is 2. The summed E-state index contributed by atoms with van der Waals surface area (Å²) in [5, 5.41) is 0. The number of rotatable bonds is 6. The van der Waals surface area contributed by atoms with Crippen molar-refractivity contribution in [2.45, 2.75) is 18.9 Å². The molecule has 2 saturated heterocycles. The molecule has 2 aliphatic rings. The van der Waals surface area contributed by atoms with E-state index in [4.69, 9.17) is 14.2 Å². The first-order valence-electron chi connectivity index (χ1n) is 9.08. The summed E-state index contributed by atoms with van der Waals surface area (Å²) in [7, 11) is 1.55. The summed E-state index contributed by atoms with van der Waals surface area (Å²) in [6.07, 6.45) is 2.18. The lowest BCUT2D eigenvalue weighted by molar-refractivity contribution is -0.138. The van der Waals surface area contributed by atoms with Gasteiger partial charge in [0.15, 0.2) is 0 Å². The van der Waals surface area contributed by atoms with Crippen molar-refractivity contribution in [3.63, 3.8) is 0 Å². The normalized spacial score (nSPS) is 20.3. The molecule has 0 saturated carbocycles. The molecule has 0 N–H and O–H groups in total. The molecule has 1 aromatic rings. The number of hydrogen-bond donors (Lipinski definition) is 0. The largest absolute Gasteiger partial charge is 0.496 e. The van der Waals surface area contributed by atoms with Crippen molar-refractivity contribution in [2.24, 2.45) is 0 Å². The highest BCUT2D eigenvalue weighted by atomic mass is 16.5. The Bertz CT molecular complexity index is 622. The fraction of sp³-hybridized carbons (Fsp3) is 0.579. The molecule has 0 aromatic heterocycles. The van der Waals surface area contributed by atoms with Crippen LogP contribution in [0.1, 0.15) is 23.2 Å². The van der Waals surface area contributed by atoms with Gasteiger partial charge in [0.2, 0.25) is 5.91 Å². The first-order valence-corrected chi connectivity index (χ1v) is 9.08. The Hall–Kier alpha value is -2.12. The van der Waals surface area contributed by atoms with Gasteiger partial charge in [0.25, 0.3) is 5.91 Å². The van der Waals surface area contributed by atoms with Crippen molar-refractivity contribution in [1.82, 2.24) is 9.80 Å². The Kier molecular flexibility index (Phi) is 6.46. The van der Waals surface area contributed by atoms with Crippen LogP contribution in [0.15, 0.2) is 24.3 Å². The topological polar surface area (TPSA) is 68.3 Å². The molecule has 26 heavy (non-hydrogen) atoms. The minimum atomic E-state index is -0.0656. The molecular formula is C19H26N2O5. The highest BCUT2D eigenvalue weighted by Gasteiger charge is 2.26. The third-order valence-corrected chi connectivity index (χ3v) is 4.81. The van der Waals surface area contributed by atoms with Gasteiger partial charge in [-0.1, -0.05) is 12.1 Å². The fourth-order valence-corrected chi connectivity index (χ4v) is 3.30. The second-order valence-corrected chi connectivity index (χ2v) is 6.52. The molecule has 0 bridgehead atoms. The Balaban J connectivity index is 1.44. The van der Waals surface area contributed by atoms with Crippen LogP contribution in [0, 0.1) is 0 Å². The maximum atomic E-state index is 12.7. The van der Waals surface area contributed by atoms with Crippen LogP contribution >= 0.6 is 0 Å². The van der Waals surface area contributed by atoms with E-state index in [0.29, 0.717) is 44.1 Å². The third kappa shape index (κ3) is 4.53. The van der Waals surface area contributed by atoms with Gasteiger partial charge in [0.1, 0.15) is 12.4 Å². The lowest BCUT2D eigenvalue weighted by Crippen LogP contribution is -2.51. The van der Waals surface area contributed by atoms with Crippen molar-refractivity contribution in [1.29, 1.82) is 0 Å². The number of para-hydroxylation sites is 1. The summed E-state index contributed by atoms with van der Waals surface area (Å²) >= 11 is 0. The zero-order chi connectivity index (χ0) is 18.4. The zero-order valence-electron chi connectivity index (χ0n) is 15.2. The van der Waals surface area contributed by atoms with Gasteiger partial charge in [-0.05, 0) is 25.0 Å². The molecule has 7 heteroatoms. The summed E-state index contributed by atoms with van der Waals surface area (Å²) in [4.78, 5) is 28.4. The van der Waals surface area contributed by atoms with Crippen molar-refractivity contribution >= 4 is 11.8 Å². The molecule has 0 spiro atoms. The molecule has 7 nitrogen and oxygen atoms in total. The highest BCUT2D eigenvalue weighted by molar-refractivity contribution is 5.97. The Morgan fingerprint density at radius 1 is 1.15 bits per heavy atom. The third-order valence-electron chi connectivity index (χ3n) is 4.81. The van der Waals surface area contributed by atoms with E-state index in [1.807, 2.05) is 12.1 Å². The van der Waals surface area contributed by atoms with Gasteiger partial charge in [-0.25, -0.2) is 0 Å². The van der Waals surface area contributed by atoms with Crippen molar-refractivity contribution in [3.05, 3.63) is 29.8 Å². The fourth-order valence-electron chi connectivity index (χ4n) is 3.30. The van der Waals surface area contributed by atoms with Gasteiger partial charge in [-0.15, -0.1) is 0 Å². The van der Waals surface area contributed by atoms with E-state index >= 15 is 0 Å². The lowest BCUT2D eigenvalue weighted by atomic mass is 10.1. The average Bonchev–Trinajstić information content (AvgIpc) is 3.21. The van der Waals surface area contributed by atoms with Crippen LogP contribution < -0.4 is 4.74 Å². The molecule has 2 heterocycles. The minimum Gasteiger partial charge on any atom is -0.496 e. The summed E-state index contributed by atoms with van der Waals surface area (Å²) in [6, 6.07) is 7.19. The monoisotopic (exact) mass is 362 g/mol. The van der Waals surface area contributed by atoms with E-state index < -0.39 is 0 Å². The number of methoxy groups -OCH3 is 1. The van der Waals surface area contributed by atoms with E-state index in [1.165, 1.54) is 0 Å². The predicted octanol–water partition coefficient (Wildman–Crippen LogP) is 1.18. The van der Waals surface area contributed by atoms with E-state index in [-0.39, 0.29) is 24.5 Å². The number of nitrogens with zero attached hydrogens (tertiary/aromatic N) is 2. The van der Waals surface area contributed by atoms with E-state index in [9.17, 15) is 9.59 Å². The van der Waals surface area contributed by atoms with Gasteiger partial charge in [-0.3, -0.25) is 9.59 Å². The SMILES string of the molecule is COc1ccccc1C(=O)N1CCN(C(=O)COC[C@H]2CCCO2)CC1. The van der Waals surface area contributed by atoms with E-state index in [2.05, 4.69) is 0 Å². The van der Waals surface area contributed by atoms with Crippen LogP contribution in [0.5, 0.6) is 5.75 Å². The van der Waals surface area contributed by atoms with Crippen LogP contribution in [0.3, 0.4) is 0 Å². The molecule has 142 valence electrons. The van der Waals surface area contributed by atoms with Crippen molar-refractivity contribution < 1.29 is 23.8 Å². The van der Waals surface area contributed by atoms with Crippen LogP contribution in [0.2, 0.25) is 0 Å². The molecule has 3 rings (SSSR count). The number of benzene rings is 1. The summed E-state index contributed by atoms with van der Waals surface area (Å²) in [6.45, 7) is 3.37. The molecule has 2 amide bonds. The molecule has 1 aromatic carbocycles. The molecule has 0 radical (unpaired) electrons. The van der Waals surface area contributed by atoms with E-state index in [0.717, 1.165) is 19.4 Å². The maximum absolute atomic E-state index is 12.7. The van der Waals surface area contributed by atoms with Gasteiger partial charge in [0, 0.05) is 32.8 Å². The average molecular weight is 362 g/mol. The number of ether oxygens (including phenoxy) is 3. The number of piperazine rings is 1. The Morgan fingerprint density at radius 2 is 1.88 bits per heavy atom. The second-order valence-electron chi connectivity index (χ2n) is 6.52. The van der Waals surface area contributed by atoms with Crippen LogP contribution in [0.4, 0.5) is 0 Å². The van der Waals surface area contributed by atoms with Gasteiger partial charge >= 0.3 is 0 Å². The van der Waals surface area contributed by atoms with Crippen LogP contribution in [-0.2, 0) is 14.3 Å². The van der Waals surface area contributed by atoms with Crippen LogP contribution in [-0.4, -0.2) is 80.8 Å². The van der Waals surface area contributed by atoms with Gasteiger partial charge < -0.3 is 24.0 Å². The molecular weight excluding hydrogens is 336 g/mol. The molecule has 2 fully saturated rings. The summed E-state index contributed by atoms with van der Waals surface area (Å²) < 4.78 is 16.2. The highest BCUT2D eigenvalue weighted by Crippen LogP contribution is 2.20. The standard InChI is InChI=1S/C19H26N2O5/c1-24-17-7-3-2-6-16(17)19(23)21-10-8-20(9-11-21)18(22)14-25-13-15-5-4-12-26-15/h2-3,6-7,15H,4-5,8-14H2,1H3/t15-/m1/s1. The predicted molar refractivity (Wildman–Crippen MR) is 95.3 cm³/mol. The molecule has 1 atom stereocenters. The van der Waals surface area contributed by atoms with Crippen LogP contribution in [0.25, 0.3) is 0 Å². The van der Waals surface area contributed by atoms with Crippen molar-refractivity contribution in [2.75, 3.05) is 53.1 Å². The summed E-state index contributed by atoms with van der Waals surface area (Å²) in [5.41, 5.74) is 0.551. The first-order chi connectivity index (χ1) is 12.7. The Labute approximate surface area is 153 Å². The number of carbonyl (C=O) groups is 2. The first kappa shape index (κ1) is 18.7. The minimum absolute atomic E-state index is 0.0348. The molecule has 0 aliphatic carbocycles. The number of hydrogen-bond acceptors (Lipinski definition) is 5. The molecule has 0 unspecified atom stereocenters. The smallest absolute Gasteiger partial charge is 0.257 e. The van der Waals surface area contributed by atoms with Gasteiger partial charge in [-0.2, -0.15) is 0 Å².